The summed E-state index contributed by atoms with van der Waals surface area (Å²) in [6.45, 7) is 5.64. The lowest BCUT2D eigenvalue weighted by atomic mass is 9.74. The normalized spacial score (nSPS) is 38.1. The Morgan fingerprint density at radius 1 is 1.43 bits per heavy atom. The highest BCUT2D eigenvalue weighted by atomic mass is 16.5. The Hall–Kier alpha value is -0.0800. The van der Waals surface area contributed by atoms with Crippen LogP contribution in [0.25, 0.3) is 0 Å². The molecule has 1 aliphatic carbocycles. The van der Waals surface area contributed by atoms with Gasteiger partial charge in [-0.05, 0) is 37.5 Å². The first-order valence-electron chi connectivity index (χ1n) is 5.90. The summed E-state index contributed by atoms with van der Waals surface area (Å²) in [5, 5.41) is 9.63. The van der Waals surface area contributed by atoms with Gasteiger partial charge in [-0.3, -0.25) is 0 Å². The van der Waals surface area contributed by atoms with E-state index in [1.807, 2.05) is 0 Å². The van der Waals surface area contributed by atoms with Gasteiger partial charge in [0.05, 0.1) is 12.7 Å². The van der Waals surface area contributed by atoms with Crippen LogP contribution in [0, 0.1) is 17.3 Å². The van der Waals surface area contributed by atoms with E-state index in [1.165, 1.54) is 12.8 Å². The molecule has 1 saturated heterocycles. The molecule has 1 aliphatic heterocycles. The predicted octanol–water partition coefficient (Wildman–Crippen LogP) is 2.21. The molecular formula is C12H22O2. The number of aliphatic hydroxyl groups is 1. The highest BCUT2D eigenvalue weighted by Crippen LogP contribution is 2.50. The fourth-order valence-electron chi connectivity index (χ4n) is 3.01. The summed E-state index contributed by atoms with van der Waals surface area (Å²) in [4.78, 5) is 0. The molecule has 0 aromatic carbocycles. The highest BCUT2D eigenvalue weighted by Gasteiger charge is 2.50. The fourth-order valence-corrected chi connectivity index (χ4v) is 3.01. The molecule has 0 radical (unpaired) electrons. The molecule has 1 N–H and O–H groups in total. The summed E-state index contributed by atoms with van der Waals surface area (Å²) in [5.41, 5.74) is 0.0926. The van der Waals surface area contributed by atoms with E-state index in [9.17, 15) is 5.11 Å². The number of hydrogen-bond acceptors (Lipinski definition) is 2. The maximum Gasteiger partial charge on any atom is 0.0682 e. The maximum absolute atomic E-state index is 9.63. The van der Waals surface area contributed by atoms with Crippen LogP contribution in [-0.2, 0) is 4.74 Å². The molecule has 0 aromatic rings. The maximum atomic E-state index is 9.63. The Bertz CT molecular complexity index is 198. The van der Waals surface area contributed by atoms with Gasteiger partial charge in [0.1, 0.15) is 0 Å². The van der Waals surface area contributed by atoms with Gasteiger partial charge < -0.3 is 9.84 Å². The van der Waals surface area contributed by atoms with E-state index in [1.54, 1.807) is 0 Å². The zero-order chi connectivity index (χ0) is 10.2. The lowest BCUT2D eigenvalue weighted by Crippen LogP contribution is -2.37. The molecule has 0 amide bonds. The smallest absolute Gasteiger partial charge is 0.0682 e. The van der Waals surface area contributed by atoms with E-state index >= 15 is 0 Å². The van der Waals surface area contributed by atoms with E-state index in [0.29, 0.717) is 18.6 Å². The van der Waals surface area contributed by atoms with E-state index in [0.717, 1.165) is 25.4 Å². The molecule has 0 bridgehead atoms. The van der Waals surface area contributed by atoms with Crippen LogP contribution >= 0.6 is 0 Å². The van der Waals surface area contributed by atoms with Crippen molar-refractivity contribution in [2.75, 3.05) is 13.2 Å². The molecule has 2 nitrogen and oxygen atoms in total. The van der Waals surface area contributed by atoms with Crippen molar-refractivity contribution in [3.8, 4) is 0 Å². The van der Waals surface area contributed by atoms with Crippen LogP contribution in [0.3, 0.4) is 0 Å². The minimum Gasteiger partial charge on any atom is -0.396 e. The second-order valence-corrected chi connectivity index (χ2v) is 5.50. The molecular weight excluding hydrogens is 176 g/mol. The molecule has 1 saturated carbocycles. The third-order valence-corrected chi connectivity index (χ3v) is 3.68. The number of hydrogen-bond donors (Lipinski definition) is 1. The van der Waals surface area contributed by atoms with Gasteiger partial charge in [0.25, 0.3) is 0 Å². The standard InChI is InChI=1S/C12H22O2/c1-9(2)7-12(8-13)5-6-14-11(12)10-3-4-10/h9-11,13H,3-8H2,1-2H3. The van der Waals surface area contributed by atoms with E-state index in [4.69, 9.17) is 4.74 Å². The van der Waals surface area contributed by atoms with Crippen LogP contribution < -0.4 is 0 Å². The molecule has 2 unspecified atom stereocenters. The van der Waals surface area contributed by atoms with Gasteiger partial charge in [0.15, 0.2) is 0 Å². The van der Waals surface area contributed by atoms with Gasteiger partial charge in [-0.15, -0.1) is 0 Å². The highest BCUT2D eigenvalue weighted by molar-refractivity contribution is 4.99. The van der Waals surface area contributed by atoms with Crippen LogP contribution in [0.5, 0.6) is 0 Å². The summed E-state index contributed by atoms with van der Waals surface area (Å²) in [6.07, 6.45) is 5.15. The minimum atomic E-state index is 0.0926. The second kappa shape index (κ2) is 3.82. The molecule has 14 heavy (non-hydrogen) atoms. The summed E-state index contributed by atoms with van der Waals surface area (Å²) in [5.74, 6) is 1.41. The first-order chi connectivity index (χ1) is 6.68. The molecule has 2 fully saturated rings. The third-order valence-electron chi connectivity index (χ3n) is 3.68. The summed E-state index contributed by atoms with van der Waals surface area (Å²) < 4.78 is 5.82. The zero-order valence-corrected chi connectivity index (χ0v) is 9.33. The van der Waals surface area contributed by atoms with Gasteiger partial charge >= 0.3 is 0 Å². The van der Waals surface area contributed by atoms with Gasteiger partial charge in [-0.2, -0.15) is 0 Å². The van der Waals surface area contributed by atoms with Crippen LogP contribution in [0.15, 0.2) is 0 Å². The van der Waals surface area contributed by atoms with Crippen molar-refractivity contribution >= 4 is 0 Å². The van der Waals surface area contributed by atoms with Crippen molar-refractivity contribution in [3.63, 3.8) is 0 Å². The monoisotopic (exact) mass is 198 g/mol. The van der Waals surface area contributed by atoms with Gasteiger partial charge in [-0.25, -0.2) is 0 Å². The molecule has 0 spiro atoms. The SMILES string of the molecule is CC(C)CC1(CO)CCOC1C1CC1. The quantitative estimate of drug-likeness (QED) is 0.750. The Kier molecular flexibility index (Phi) is 2.85. The van der Waals surface area contributed by atoms with Crippen molar-refractivity contribution in [2.45, 2.75) is 45.6 Å². The van der Waals surface area contributed by atoms with Crippen molar-refractivity contribution in [2.24, 2.45) is 17.3 Å². The molecule has 2 heteroatoms. The second-order valence-electron chi connectivity index (χ2n) is 5.50. The van der Waals surface area contributed by atoms with Crippen LogP contribution in [0.1, 0.15) is 39.5 Å². The molecule has 2 aliphatic rings. The Balaban J connectivity index is 2.07. The topological polar surface area (TPSA) is 29.5 Å². The number of ether oxygens (including phenoxy) is 1. The van der Waals surface area contributed by atoms with Gasteiger partial charge in [-0.1, -0.05) is 13.8 Å². The van der Waals surface area contributed by atoms with Crippen molar-refractivity contribution in [1.82, 2.24) is 0 Å². The average molecular weight is 198 g/mol. The predicted molar refractivity (Wildman–Crippen MR) is 56.1 cm³/mol. The van der Waals surface area contributed by atoms with Gasteiger partial charge in [0.2, 0.25) is 0 Å². The molecule has 0 aromatic heterocycles. The molecule has 2 rings (SSSR count). The van der Waals surface area contributed by atoms with Crippen molar-refractivity contribution in [3.05, 3.63) is 0 Å². The van der Waals surface area contributed by atoms with Gasteiger partial charge in [0, 0.05) is 12.0 Å². The van der Waals surface area contributed by atoms with Crippen LogP contribution in [0.4, 0.5) is 0 Å². The van der Waals surface area contributed by atoms with E-state index in [-0.39, 0.29) is 5.41 Å². The zero-order valence-electron chi connectivity index (χ0n) is 9.33. The third kappa shape index (κ3) is 1.82. The summed E-state index contributed by atoms with van der Waals surface area (Å²) in [7, 11) is 0. The molecule has 82 valence electrons. The minimum absolute atomic E-state index is 0.0926. The van der Waals surface area contributed by atoms with Crippen molar-refractivity contribution in [1.29, 1.82) is 0 Å². The Labute approximate surface area is 86.6 Å². The molecule has 1 heterocycles. The van der Waals surface area contributed by atoms with E-state index in [2.05, 4.69) is 13.8 Å². The number of aliphatic hydroxyl groups excluding tert-OH is 1. The summed E-state index contributed by atoms with van der Waals surface area (Å²) in [6, 6.07) is 0. The summed E-state index contributed by atoms with van der Waals surface area (Å²) >= 11 is 0. The Morgan fingerprint density at radius 2 is 2.14 bits per heavy atom. The largest absolute Gasteiger partial charge is 0.396 e. The first kappa shape index (κ1) is 10.4. The van der Waals surface area contributed by atoms with Crippen LogP contribution in [-0.4, -0.2) is 24.4 Å². The molecule has 2 atom stereocenters. The fraction of sp³-hybridized carbons (Fsp3) is 1.00. The van der Waals surface area contributed by atoms with Crippen molar-refractivity contribution < 1.29 is 9.84 Å². The average Bonchev–Trinajstić information content (AvgIpc) is 2.89. The van der Waals surface area contributed by atoms with Crippen LogP contribution in [0.2, 0.25) is 0 Å². The van der Waals surface area contributed by atoms with E-state index < -0.39 is 0 Å². The Morgan fingerprint density at radius 3 is 2.64 bits per heavy atom. The lowest BCUT2D eigenvalue weighted by Gasteiger charge is -2.34. The number of rotatable bonds is 4. The first-order valence-corrected chi connectivity index (χ1v) is 5.90. The lowest BCUT2D eigenvalue weighted by molar-refractivity contribution is -0.0106.